The smallest absolute Gasteiger partial charge is 0.146 e. The normalized spacial score (nSPS) is 10.6. The van der Waals surface area contributed by atoms with Crippen molar-refractivity contribution in [3.05, 3.63) is 59.2 Å². The standard InChI is InChI=1S/C12H10ClN3/c13-11-6-4-10(5-7-11)9-15-16-12-3-1-2-8-14-12/h1-9H,(H,14,16)/b15-9+. The molecule has 0 radical (unpaired) electrons. The van der Waals surface area contributed by atoms with Gasteiger partial charge in [0, 0.05) is 11.2 Å². The maximum Gasteiger partial charge on any atom is 0.146 e. The van der Waals surface area contributed by atoms with Gasteiger partial charge in [0.2, 0.25) is 0 Å². The number of halogens is 1. The van der Waals surface area contributed by atoms with E-state index in [-0.39, 0.29) is 0 Å². The molecule has 2 rings (SSSR count). The summed E-state index contributed by atoms with van der Waals surface area (Å²) >= 11 is 5.77. The van der Waals surface area contributed by atoms with E-state index >= 15 is 0 Å². The monoisotopic (exact) mass is 231 g/mol. The highest BCUT2D eigenvalue weighted by Gasteiger charge is 1.89. The minimum Gasteiger partial charge on any atom is -0.261 e. The molecule has 2 aromatic rings. The molecule has 0 atom stereocenters. The second-order valence-corrected chi connectivity index (χ2v) is 3.57. The first-order valence-corrected chi connectivity index (χ1v) is 5.18. The van der Waals surface area contributed by atoms with Crippen LogP contribution in [0.5, 0.6) is 0 Å². The van der Waals surface area contributed by atoms with Gasteiger partial charge < -0.3 is 0 Å². The number of hydrogen-bond acceptors (Lipinski definition) is 3. The molecule has 1 heterocycles. The van der Waals surface area contributed by atoms with Crippen molar-refractivity contribution >= 4 is 23.6 Å². The number of benzene rings is 1. The summed E-state index contributed by atoms with van der Waals surface area (Å²) < 4.78 is 0. The largest absolute Gasteiger partial charge is 0.261 e. The third-order valence-corrected chi connectivity index (χ3v) is 2.18. The van der Waals surface area contributed by atoms with Crippen LogP contribution >= 0.6 is 11.6 Å². The molecule has 0 saturated heterocycles. The van der Waals surface area contributed by atoms with Crippen LogP contribution in [-0.2, 0) is 0 Å². The Labute approximate surface area is 98.8 Å². The molecule has 0 fully saturated rings. The molecule has 0 unspecified atom stereocenters. The van der Waals surface area contributed by atoms with Gasteiger partial charge in [-0.1, -0.05) is 29.8 Å². The van der Waals surface area contributed by atoms with Crippen LogP contribution in [-0.4, -0.2) is 11.2 Å². The minimum atomic E-state index is 0.715. The Morgan fingerprint density at radius 3 is 2.62 bits per heavy atom. The molecule has 1 N–H and O–H groups in total. The molecule has 4 heteroatoms. The van der Waals surface area contributed by atoms with Gasteiger partial charge in [-0.15, -0.1) is 0 Å². The van der Waals surface area contributed by atoms with Crippen molar-refractivity contribution in [2.24, 2.45) is 5.10 Å². The molecule has 0 amide bonds. The SMILES string of the molecule is Clc1ccc(/C=N/Nc2ccccn2)cc1. The van der Waals surface area contributed by atoms with Gasteiger partial charge in [0.15, 0.2) is 0 Å². The first kappa shape index (κ1) is 10.6. The molecule has 3 nitrogen and oxygen atoms in total. The molecule has 1 aromatic carbocycles. The zero-order chi connectivity index (χ0) is 11.2. The second-order valence-electron chi connectivity index (χ2n) is 3.14. The van der Waals surface area contributed by atoms with E-state index in [2.05, 4.69) is 15.5 Å². The molecule has 0 bridgehead atoms. The van der Waals surface area contributed by atoms with E-state index in [0.717, 1.165) is 10.6 Å². The van der Waals surface area contributed by atoms with Crippen molar-refractivity contribution in [3.8, 4) is 0 Å². The highest BCUT2D eigenvalue weighted by atomic mass is 35.5. The van der Waals surface area contributed by atoms with Crippen molar-refractivity contribution in [1.29, 1.82) is 0 Å². The highest BCUT2D eigenvalue weighted by Crippen LogP contribution is 2.08. The van der Waals surface area contributed by atoms with Crippen LogP contribution in [0, 0.1) is 0 Å². The topological polar surface area (TPSA) is 37.3 Å². The van der Waals surface area contributed by atoms with Crippen LogP contribution < -0.4 is 5.43 Å². The Morgan fingerprint density at radius 1 is 1.12 bits per heavy atom. The fourth-order valence-corrected chi connectivity index (χ4v) is 1.28. The van der Waals surface area contributed by atoms with E-state index < -0.39 is 0 Å². The lowest BCUT2D eigenvalue weighted by Gasteiger charge is -1.97. The first-order valence-electron chi connectivity index (χ1n) is 4.80. The van der Waals surface area contributed by atoms with Gasteiger partial charge >= 0.3 is 0 Å². The van der Waals surface area contributed by atoms with Gasteiger partial charge in [-0.25, -0.2) is 4.98 Å². The summed E-state index contributed by atoms with van der Waals surface area (Å²) in [5, 5.41) is 4.78. The van der Waals surface area contributed by atoms with Crippen LogP contribution in [0.25, 0.3) is 0 Å². The number of nitrogens with one attached hydrogen (secondary N) is 1. The van der Waals surface area contributed by atoms with Gasteiger partial charge in [-0.05, 0) is 29.8 Å². The van der Waals surface area contributed by atoms with Crippen LogP contribution in [0.15, 0.2) is 53.8 Å². The van der Waals surface area contributed by atoms with Gasteiger partial charge in [-0.2, -0.15) is 5.10 Å². The Hall–Kier alpha value is -1.87. The number of rotatable bonds is 3. The van der Waals surface area contributed by atoms with Crippen molar-refractivity contribution < 1.29 is 0 Å². The zero-order valence-electron chi connectivity index (χ0n) is 8.47. The molecular formula is C12H10ClN3. The lowest BCUT2D eigenvalue weighted by molar-refractivity contribution is 1.23. The maximum atomic E-state index is 5.77. The summed E-state index contributed by atoms with van der Waals surface area (Å²) in [6.45, 7) is 0. The lowest BCUT2D eigenvalue weighted by Crippen LogP contribution is -1.92. The van der Waals surface area contributed by atoms with Crippen molar-refractivity contribution in [3.63, 3.8) is 0 Å². The van der Waals surface area contributed by atoms with Crippen LogP contribution in [0.2, 0.25) is 5.02 Å². The predicted molar refractivity (Wildman–Crippen MR) is 66.9 cm³/mol. The number of anilines is 1. The van der Waals surface area contributed by atoms with E-state index in [1.807, 2.05) is 42.5 Å². The van der Waals surface area contributed by atoms with Crippen LogP contribution in [0.4, 0.5) is 5.82 Å². The van der Waals surface area contributed by atoms with Gasteiger partial charge in [0.25, 0.3) is 0 Å². The average Bonchev–Trinajstić information content (AvgIpc) is 2.33. The molecular weight excluding hydrogens is 222 g/mol. The first-order chi connectivity index (χ1) is 7.84. The highest BCUT2D eigenvalue weighted by molar-refractivity contribution is 6.30. The summed E-state index contributed by atoms with van der Waals surface area (Å²) in [6.07, 6.45) is 3.42. The molecule has 0 saturated carbocycles. The Bertz CT molecular complexity index is 465. The van der Waals surface area contributed by atoms with E-state index in [0.29, 0.717) is 5.82 Å². The molecule has 1 aromatic heterocycles. The number of hydrazone groups is 1. The van der Waals surface area contributed by atoms with E-state index in [1.165, 1.54) is 0 Å². The number of aromatic nitrogens is 1. The fourth-order valence-electron chi connectivity index (χ4n) is 1.15. The average molecular weight is 232 g/mol. The minimum absolute atomic E-state index is 0.715. The molecule has 0 aliphatic carbocycles. The lowest BCUT2D eigenvalue weighted by atomic mass is 10.2. The number of hydrogen-bond donors (Lipinski definition) is 1. The van der Waals surface area contributed by atoms with E-state index in [1.54, 1.807) is 12.4 Å². The van der Waals surface area contributed by atoms with Crippen LogP contribution in [0.1, 0.15) is 5.56 Å². The fraction of sp³-hybridized carbons (Fsp3) is 0. The zero-order valence-corrected chi connectivity index (χ0v) is 9.22. The summed E-state index contributed by atoms with van der Waals surface area (Å²) in [4.78, 5) is 4.08. The van der Waals surface area contributed by atoms with Gasteiger partial charge in [-0.3, -0.25) is 5.43 Å². The van der Waals surface area contributed by atoms with Crippen LogP contribution in [0.3, 0.4) is 0 Å². The molecule has 0 aliphatic heterocycles. The third-order valence-electron chi connectivity index (χ3n) is 1.93. The number of nitrogens with zero attached hydrogens (tertiary/aromatic N) is 2. The maximum absolute atomic E-state index is 5.77. The summed E-state index contributed by atoms with van der Waals surface area (Å²) in [7, 11) is 0. The summed E-state index contributed by atoms with van der Waals surface area (Å²) in [5.41, 5.74) is 3.81. The third kappa shape index (κ3) is 3.07. The predicted octanol–water partition coefficient (Wildman–Crippen LogP) is 3.18. The Morgan fingerprint density at radius 2 is 1.94 bits per heavy atom. The second kappa shape index (κ2) is 5.28. The Kier molecular flexibility index (Phi) is 3.51. The van der Waals surface area contributed by atoms with E-state index in [4.69, 9.17) is 11.6 Å². The van der Waals surface area contributed by atoms with Crippen molar-refractivity contribution in [1.82, 2.24) is 4.98 Å². The molecule has 16 heavy (non-hydrogen) atoms. The van der Waals surface area contributed by atoms with Gasteiger partial charge in [0.1, 0.15) is 5.82 Å². The molecule has 0 spiro atoms. The van der Waals surface area contributed by atoms with Gasteiger partial charge in [0.05, 0.1) is 6.21 Å². The van der Waals surface area contributed by atoms with E-state index in [9.17, 15) is 0 Å². The summed E-state index contributed by atoms with van der Waals surface area (Å²) in [6, 6.07) is 13.0. The number of pyridine rings is 1. The molecule has 80 valence electrons. The van der Waals surface area contributed by atoms with Crippen molar-refractivity contribution in [2.75, 3.05) is 5.43 Å². The summed E-state index contributed by atoms with van der Waals surface area (Å²) in [5.74, 6) is 0.715. The Balaban J connectivity index is 1.98. The van der Waals surface area contributed by atoms with Crippen molar-refractivity contribution in [2.45, 2.75) is 0 Å². The quantitative estimate of drug-likeness (QED) is 0.651. The molecule has 0 aliphatic rings.